The van der Waals surface area contributed by atoms with E-state index in [0.717, 1.165) is 0 Å². The molecule has 0 atom stereocenters. The Bertz CT molecular complexity index is 6.85. The number of rotatable bonds is 0. The van der Waals surface area contributed by atoms with E-state index in [-0.39, 0.29) is 6.73 Å². The molecule has 0 aliphatic heterocycles. The second-order valence-corrected chi connectivity index (χ2v) is 0.224. The molecule has 0 aliphatic rings. The van der Waals surface area contributed by atoms with Gasteiger partial charge < -0.3 is 10.8 Å². The summed E-state index contributed by atoms with van der Waals surface area (Å²) in [6.07, 6.45) is 0. The standard InChI is InChI=1S/C2H6.CH5NO/c1-2;2-1-3/h1-2H3;3H,1-2H2/p+1. The van der Waals surface area contributed by atoms with Crippen molar-refractivity contribution in [2.45, 2.75) is 13.8 Å². The molecule has 0 aromatic heterocycles. The number of quaternary nitrogens is 1. The summed E-state index contributed by atoms with van der Waals surface area (Å²) in [5.74, 6) is 0. The zero-order valence-electron chi connectivity index (χ0n) is 3.86. The lowest BCUT2D eigenvalue weighted by Crippen LogP contribution is -2.49. The van der Waals surface area contributed by atoms with Gasteiger partial charge in [0.1, 0.15) is 0 Å². The normalized spacial score (nSPS) is 4.80. The summed E-state index contributed by atoms with van der Waals surface area (Å²) >= 11 is 0. The maximum Gasteiger partial charge on any atom is 0.175 e. The maximum absolute atomic E-state index is 7.46. The van der Waals surface area contributed by atoms with Crippen LogP contribution in [-0.2, 0) is 0 Å². The van der Waals surface area contributed by atoms with Crippen LogP contribution >= 0.6 is 0 Å². The molecule has 5 heavy (non-hydrogen) atoms. The van der Waals surface area contributed by atoms with Crippen LogP contribution in [0.25, 0.3) is 0 Å². The van der Waals surface area contributed by atoms with Crippen molar-refractivity contribution >= 4 is 0 Å². The van der Waals surface area contributed by atoms with Gasteiger partial charge in [-0.3, -0.25) is 0 Å². The van der Waals surface area contributed by atoms with Crippen LogP contribution in [0.4, 0.5) is 0 Å². The van der Waals surface area contributed by atoms with Crippen molar-refractivity contribution in [2.75, 3.05) is 6.73 Å². The molecule has 0 aromatic rings. The smallest absolute Gasteiger partial charge is 0.175 e. The number of aliphatic hydroxyl groups excluding tert-OH is 1. The molecule has 0 saturated heterocycles. The van der Waals surface area contributed by atoms with Gasteiger partial charge in [0.15, 0.2) is 6.73 Å². The van der Waals surface area contributed by atoms with Crippen LogP contribution in [0.5, 0.6) is 0 Å². The molecule has 0 saturated carbocycles. The van der Waals surface area contributed by atoms with E-state index >= 15 is 0 Å². The van der Waals surface area contributed by atoms with Crippen LogP contribution in [0, 0.1) is 0 Å². The lowest BCUT2D eigenvalue weighted by Gasteiger charge is -1.52. The Labute approximate surface area is 32.6 Å². The van der Waals surface area contributed by atoms with E-state index in [1.54, 1.807) is 0 Å². The molecular weight excluding hydrogens is 66.0 g/mol. The van der Waals surface area contributed by atoms with E-state index in [9.17, 15) is 0 Å². The van der Waals surface area contributed by atoms with Crippen LogP contribution in [-0.4, -0.2) is 11.8 Å². The minimum Gasteiger partial charge on any atom is -0.347 e. The SMILES string of the molecule is CC.[NH3+]CO. The third-order valence-corrected chi connectivity index (χ3v) is 0. The molecule has 2 heteroatoms. The summed E-state index contributed by atoms with van der Waals surface area (Å²) in [6, 6.07) is 0. The van der Waals surface area contributed by atoms with E-state index in [4.69, 9.17) is 5.11 Å². The van der Waals surface area contributed by atoms with Gasteiger partial charge in [0.2, 0.25) is 0 Å². The molecule has 0 aromatic carbocycles. The Morgan fingerprint density at radius 1 is 1.60 bits per heavy atom. The molecule has 4 N–H and O–H groups in total. The fourth-order valence-electron chi connectivity index (χ4n) is 0. The fourth-order valence-corrected chi connectivity index (χ4v) is 0. The zero-order valence-corrected chi connectivity index (χ0v) is 3.86. The van der Waals surface area contributed by atoms with Crippen molar-refractivity contribution in [3.8, 4) is 0 Å². The van der Waals surface area contributed by atoms with Crippen LogP contribution in [0.1, 0.15) is 13.8 Å². The Hall–Kier alpha value is -0.0800. The second kappa shape index (κ2) is 39.5. The highest BCUT2D eigenvalue weighted by atomic mass is 16.3. The first-order valence-electron chi connectivity index (χ1n) is 1.82. The van der Waals surface area contributed by atoms with Gasteiger partial charge in [-0.1, -0.05) is 13.8 Å². The lowest BCUT2D eigenvalue weighted by molar-refractivity contribution is -0.421. The molecule has 2 nitrogen and oxygen atoms in total. The van der Waals surface area contributed by atoms with Crippen molar-refractivity contribution in [1.29, 1.82) is 0 Å². The first-order chi connectivity index (χ1) is 2.41. The van der Waals surface area contributed by atoms with Gasteiger partial charge in [-0.15, -0.1) is 0 Å². The first kappa shape index (κ1) is 8.87. The highest BCUT2D eigenvalue weighted by Crippen LogP contribution is 1.14. The molecule has 0 fully saturated rings. The van der Waals surface area contributed by atoms with Gasteiger partial charge in [0, 0.05) is 0 Å². The largest absolute Gasteiger partial charge is 0.347 e. The second-order valence-electron chi connectivity index (χ2n) is 0.224. The van der Waals surface area contributed by atoms with Crippen LogP contribution in [0.2, 0.25) is 0 Å². The Morgan fingerprint density at radius 3 is 1.60 bits per heavy atom. The van der Waals surface area contributed by atoms with E-state index in [1.165, 1.54) is 0 Å². The molecule has 0 bridgehead atoms. The minimum atomic E-state index is 0. The Morgan fingerprint density at radius 2 is 1.60 bits per heavy atom. The average Bonchev–Trinajstić information content (AvgIpc) is 1.46. The van der Waals surface area contributed by atoms with Gasteiger partial charge in [0.25, 0.3) is 0 Å². The summed E-state index contributed by atoms with van der Waals surface area (Å²) in [4.78, 5) is 0. The van der Waals surface area contributed by atoms with Crippen molar-refractivity contribution < 1.29 is 10.8 Å². The average molecular weight is 78.1 g/mol. The quantitative estimate of drug-likeness (QED) is 0.366. The van der Waals surface area contributed by atoms with Gasteiger partial charge >= 0.3 is 0 Å². The monoisotopic (exact) mass is 78.1 g/mol. The molecule has 0 amide bonds. The van der Waals surface area contributed by atoms with Gasteiger partial charge in [0.05, 0.1) is 0 Å². The number of aliphatic hydroxyl groups is 1. The third-order valence-electron chi connectivity index (χ3n) is 0. The third kappa shape index (κ3) is 2260. The molecule has 0 aliphatic carbocycles. The van der Waals surface area contributed by atoms with Crippen molar-refractivity contribution in [1.82, 2.24) is 0 Å². The molecule has 0 radical (unpaired) electrons. The number of hydrogen-bond acceptors (Lipinski definition) is 1. The van der Waals surface area contributed by atoms with E-state index in [2.05, 4.69) is 5.73 Å². The topological polar surface area (TPSA) is 47.9 Å². The molecule has 34 valence electrons. The lowest BCUT2D eigenvalue weighted by atomic mass is 11.0. The highest BCUT2D eigenvalue weighted by Gasteiger charge is 1.35. The van der Waals surface area contributed by atoms with E-state index in [0.29, 0.717) is 0 Å². The van der Waals surface area contributed by atoms with Gasteiger partial charge in [-0.2, -0.15) is 0 Å². The van der Waals surface area contributed by atoms with E-state index < -0.39 is 0 Å². The fraction of sp³-hybridized carbons (Fsp3) is 1.00. The van der Waals surface area contributed by atoms with Crippen LogP contribution in [0.15, 0.2) is 0 Å². The van der Waals surface area contributed by atoms with Gasteiger partial charge in [-0.05, 0) is 0 Å². The minimum absolute atomic E-state index is 0. The highest BCUT2D eigenvalue weighted by molar-refractivity contribution is 3.50. The van der Waals surface area contributed by atoms with Crippen molar-refractivity contribution in [3.63, 3.8) is 0 Å². The molecule has 0 spiro atoms. The predicted octanol–water partition coefficient (Wildman–Crippen LogP) is -0.796. The Kier molecular flexibility index (Phi) is 70.0. The first-order valence-corrected chi connectivity index (χ1v) is 1.82. The van der Waals surface area contributed by atoms with Crippen LogP contribution < -0.4 is 5.73 Å². The maximum atomic E-state index is 7.46. The summed E-state index contributed by atoms with van der Waals surface area (Å²) in [5, 5.41) is 7.46. The molecule has 0 unspecified atom stereocenters. The summed E-state index contributed by atoms with van der Waals surface area (Å²) < 4.78 is 0. The van der Waals surface area contributed by atoms with E-state index in [1.807, 2.05) is 13.8 Å². The summed E-state index contributed by atoms with van der Waals surface area (Å²) in [5.41, 5.74) is 3.04. The predicted molar refractivity (Wildman–Crippen MR) is 21.3 cm³/mol. The Balaban J connectivity index is 0. The van der Waals surface area contributed by atoms with Gasteiger partial charge in [-0.25, -0.2) is 0 Å². The number of hydrogen-bond donors (Lipinski definition) is 2. The van der Waals surface area contributed by atoms with Crippen molar-refractivity contribution in [3.05, 3.63) is 0 Å². The molecule has 0 heterocycles. The molecular formula is C3H12NO+. The summed E-state index contributed by atoms with van der Waals surface area (Å²) in [7, 11) is 0. The molecule has 0 rings (SSSR count). The van der Waals surface area contributed by atoms with Crippen molar-refractivity contribution in [2.24, 2.45) is 0 Å². The summed E-state index contributed by atoms with van der Waals surface area (Å²) in [6.45, 7) is 4.00. The zero-order chi connectivity index (χ0) is 4.71. The van der Waals surface area contributed by atoms with Crippen LogP contribution in [0.3, 0.4) is 0 Å².